The van der Waals surface area contributed by atoms with E-state index < -0.39 is 5.97 Å². The molecule has 1 amide bonds. The molecule has 0 bridgehead atoms. The van der Waals surface area contributed by atoms with Gasteiger partial charge in [-0.25, -0.2) is 0 Å². The molecule has 0 aromatic carbocycles. The van der Waals surface area contributed by atoms with Gasteiger partial charge in [0.05, 0.1) is 6.61 Å². The predicted molar refractivity (Wildman–Crippen MR) is 39.6 cm³/mol. The van der Waals surface area contributed by atoms with Crippen LogP contribution in [-0.2, 0) is 14.3 Å². The van der Waals surface area contributed by atoms with Gasteiger partial charge in [-0.1, -0.05) is 13.3 Å². The van der Waals surface area contributed by atoms with Crippen LogP contribution in [0.15, 0.2) is 0 Å². The van der Waals surface area contributed by atoms with E-state index in [-0.39, 0.29) is 6.54 Å². The number of hydrogen-bond donors (Lipinski definition) is 1. The molecular weight excluding hydrogens is 146 g/mol. The summed E-state index contributed by atoms with van der Waals surface area (Å²) in [6.07, 6.45) is 3.23. The van der Waals surface area contributed by atoms with E-state index in [9.17, 15) is 9.59 Å². The Morgan fingerprint density at radius 3 is 2.91 bits per heavy atom. The molecule has 0 unspecified atom stereocenters. The fourth-order valence-electron chi connectivity index (χ4n) is 0.490. The topological polar surface area (TPSA) is 55.4 Å². The van der Waals surface area contributed by atoms with E-state index in [0.717, 1.165) is 12.8 Å². The minimum absolute atomic E-state index is 0.0901. The predicted octanol–water partition coefficient (Wildman–Crippen LogP) is -0.0135. The monoisotopic (exact) mass is 158 g/mol. The van der Waals surface area contributed by atoms with Crippen LogP contribution < -0.4 is 5.32 Å². The first-order valence-corrected chi connectivity index (χ1v) is 3.57. The zero-order valence-corrected chi connectivity index (χ0v) is 6.55. The van der Waals surface area contributed by atoms with Gasteiger partial charge in [-0.15, -0.1) is 0 Å². The Kier molecular flexibility index (Phi) is 6.37. The van der Waals surface area contributed by atoms with Crippen LogP contribution in [0, 0.1) is 0 Å². The van der Waals surface area contributed by atoms with E-state index in [1.54, 1.807) is 0 Å². The molecule has 0 aliphatic carbocycles. The second-order valence-corrected chi connectivity index (χ2v) is 2.03. The molecule has 4 nitrogen and oxygen atoms in total. The number of rotatable bonds is 6. The lowest BCUT2D eigenvalue weighted by molar-refractivity contribution is -0.142. The van der Waals surface area contributed by atoms with Crippen molar-refractivity contribution in [1.82, 2.24) is 5.32 Å². The standard InChI is InChI=1S/C7H12NO3/c1-2-3-4-11-7(10)5-8-6-9/h2-5H2,1H3,(H,8,9). The average molecular weight is 158 g/mol. The molecule has 0 saturated heterocycles. The largest absolute Gasteiger partial charge is 0.464 e. The minimum atomic E-state index is -0.415. The fourth-order valence-corrected chi connectivity index (χ4v) is 0.490. The molecule has 0 aromatic heterocycles. The summed E-state index contributed by atoms with van der Waals surface area (Å²) in [6.45, 7) is 2.34. The molecule has 0 rings (SSSR count). The highest BCUT2D eigenvalue weighted by Gasteiger charge is 1.99. The van der Waals surface area contributed by atoms with Gasteiger partial charge in [0.1, 0.15) is 6.54 Å². The third-order valence-corrected chi connectivity index (χ3v) is 1.07. The molecule has 0 fully saturated rings. The van der Waals surface area contributed by atoms with Crippen LogP contribution in [0.4, 0.5) is 0 Å². The maximum atomic E-state index is 10.6. The maximum absolute atomic E-state index is 10.6. The van der Waals surface area contributed by atoms with Crippen LogP contribution in [0.3, 0.4) is 0 Å². The summed E-state index contributed by atoms with van der Waals surface area (Å²) in [5, 5.41) is 2.09. The summed E-state index contributed by atoms with van der Waals surface area (Å²) in [6, 6.07) is 0. The summed E-state index contributed by atoms with van der Waals surface area (Å²) in [5.74, 6) is -0.415. The fraction of sp³-hybridized carbons (Fsp3) is 0.714. The quantitative estimate of drug-likeness (QED) is 0.336. The molecule has 0 aliphatic rings. The molecule has 0 aromatic rings. The Bertz CT molecular complexity index is 125. The van der Waals surface area contributed by atoms with Gasteiger partial charge >= 0.3 is 12.4 Å². The van der Waals surface area contributed by atoms with Crippen molar-refractivity contribution in [3.8, 4) is 0 Å². The van der Waals surface area contributed by atoms with Crippen LogP contribution in [0.5, 0.6) is 0 Å². The SMILES string of the molecule is CCCCOC(=O)CN[C]=O. The smallest absolute Gasteiger partial charge is 0.325 e. The van der Waals surface area contributed by atoms with Gasteiger partial charge in [0.15, 0.2) is 0 Å². The summed E-state index contributed by atoms with van der Waals surface area (Å²) in [5.41, 5.74) is 0. The molecule has 11 heavy (non-hydrogen) atoms. The first kappa shape index (κ1) is 9.94. The summed E-state index contributed by atoms with van der Waals surface area (Å²) >= 11 is 0. The van der Waals surface area contributed by atoms with Crippen LogP contribution in [0.2, 0.25) is 0 Å². The van der Waals surface area contributed by atoms with E-state index in [0.29, 0.717) is 6.61 Å². The first-order chi connectivity index (χ1) is 5.31. The third kappa shape index (κ3) is 6.83. The third-order valence-electron chi connectivity index (χ3n) is 1.07. The Balaban J connectivity index is 3.15. The van der Waals surface area contributed by atoms with Crippen molar-refractivity contribution in [1.29, 1.82) is 0 Å². The Labute approximate surface area is 65.9 Å². The number of esters is 1. The zero-order valence-electron chi connectivity index (χ0n) is 6.55. The van der Waals surface area contributed by atoms with Gasteiger partial charge in [-0.2, -0.15) is 0 Å². The van der Waals surface area contributed by atoms with Crippen LogP contribution in [-0.4, -0.2) is 25.5 Å². The van der Waals surface area contributed by atoms with Crippen LogP contribution >= 0.6 is 0 Å². The lowest BCUT2D eigenvalue weighted by Gasteiger charge is -2.01. The van der Waals surface area contributed by atoms with E-state index in [2.05, 4.69) is 5.32 Å². The summed E-state index contributed by atoms with van der Waals surface area (Å²) in [4.78, 5) is 20.2. The number of hydrogen-bond acceptors (Lipinski definition) is 3. The first-order valence-electron chi connectivity index (χ1n) is 3.57. The van der Waals surface area contributed by atoms with Crippen molar-refractivity contribution >= 4 is 12.4 Å². The molecule has 0 spiro atoms. The van der Waals surface area contributed by atoms with Gasteiger partial charge < -0.3 is 10.1 Å². The van der Waals surface area contributed by atoms with Gasteiger partial charge in [-0.05, 0) is 6.42 Å². The number of amides is 1. The van der Waals surface area contributed by atoms with Crippen molar-refractivity contribution in [3.63, 3.8) is 0 Å². The maximum Gasteiger partial charge on any atom is 0.325 e. The number of ether oxygens (including phenoxy) is 1. The Hall–Kier alpha value is -1.06. The van der Waals surface area contributed by atoms with Crippen molar-refractivity contribution < 1.29 is 14.3 Å². The lowest BCUT2D eigenvalue weighted by atomic mass is 10.4. The highest BCUT2D eigenvalue weighted by Crippen LogP contribution is 1.87. The minimum Gasteiger partial charge on any atom is -0.464 e. The highest BCUT2D eigenvalue weighted by molar-refractivity contribution is 5.74. The Morgan fingerprint density at radius 2 is 2.36 bits per heavy atom. The Morgan fingerprint density at radius 1 is 1.64 bits per heavy atom. The lowest BCUT2D eigenvalue weighted by Crippen LogP contribution is -2.23. The molecule has 0 aliphatic heterocycles. The molecular formula is C7H12NO3. The molecule has 4 heteroatoms. The average Bonchev–Trinajstić information content (AvgIpc) is 2.01. The normalized spacial score (nSPS) is 8.82. The molecule has 0 atom stereocenters. The summed E-state index contributed by atoms with van der Waals surface area (Å²) in [7, 11) is 0. The number of carbonyl (C=O) groups excluding carboxylic acids is 2. The van der Waals surface area contributed by atoms with Crippen molar-refractivity contribution in [2.45, 2.75) is 19.8 Å². The van der Waals surface area contributed by atoms with Gasteiger partial charge in [-0.3, -0.25) is 9.59 Å². The van der Waals surface area contributed by atoms with E-state index in [1.807, 2.05) is 6.92 Å². The van der Waals surface area contributed by atoms with E-state index in [1.165, 1.54) is 6.41 Å². The zero-order chi connectivity index (χ0) is 8.53. The van der Waals surface area contributed by atoms with E-state index >= 15 is 0 Å². The van der Waals surface area contributed by atoms with Crippen molar-refractivity contribution in [2.75, 3.05) is 13.2 Å². The number of nitrogens with one attached hydrogen (secondary N) is 1. The molecule has 0 heterocycles. The molecule has 63 valence electrons. The van der Waals surface area contributed by atoms with Crippen LogP contribution in [0.25, 0.3) is 0 Å². The van der Waals surface area contributed by atoms with Gasteiger partial charge in [0.25, 0.3) is 0 Å². The molecule has 1 radical (unpaired) electrons. The molecule has 1 N–H and O–H groups in total. The van der Waals surface area contributed by atoms with Crippen molar-refractivity contribution in [3.05, 3.63) is 0 Å². The van der Waals surface area contributed by atoms with Gasteiger partial charge in [0.2, 0.25) is 0 Å². The summed E-state index contributed by atoms with van der Waals surface area (Å²) < 4.78 is 4.70. The van der Waals surface area contributed by atoms with Crippen LogP contribution in [0.1, 0.15) is 19.8 Å². The second-order valence-electron chi connectivity index (χ2n) is 2.03. The second kappa shape index (κ2) is 7.05. The number of carbonyl (C=O) groups is 1. The van der Waals surface area contributed by atoms with E-state index in [4.69, 9.17) is 4.74 Å². The molecule has 0 saturated carbocycles. The van der Waals surface area contributed by atoms with Crippen molar-refractivity contribution in [2.24, 2.45) is 0 Å². The highest BCUT2D eigenvalue weighted by atomic mass is 16.5. The number of unbranched alkanes of at least 4 members (excludes halogenated alkanes) is 1. The van der Waals surface area contributed by atoms with Gasteiger partial charge in [0, 0.05) is 0 Å².